The summed E-state index contributed by atoms with van der Waals surface area (Å²) >= 11 is 11.8. The molecule has 8 heteroatoms. The lowest BCUT2D eigenvalue weighted by Crippen LogP contribution is -2.28. The summed E-state index contributed by atoms with van der Waals surface area (Å²) in [6, 6.07) is 10.1. The van der Waals surface area contributed by atoms with Crippen LogP contribution in [0, 0.1) is 0 Å². The van der Waals surface area contributed by atoms with E-state index >= 15 is 0 Å². The summed E-state index contributed by atoms with van der Waals surface area (Å²) in [5.74, 6) is 0.362. The van der Waals surface area contributed by atoms with Crippen molar-refractivity contribution in [2.24, 2.45) is 0 Å². The van der Waals surface area contributed by atoms with E-state index in [2.05, 4.69) is 0 Å². The number of benzene rings is 2. The maximum Gasteiger partial charge on any atom is 0.246 e. The molecule has 1 unspecified atom stereocenters. The molecule has 25 heavy (non-hydrogen) atoms. The van der Waals surface area contributed by atoms with Gasteiger partial charge in [0.15, 0.2) is 5.75 Å². The van der Waals surface area contributed by atoms with Gasteiger partial charge in [0, 0.05) is 18.1 Å². The number of sulfonamides is 1. The maximum absolute atomic E-state index is 12.9. The van der Waals surface area contributed by atoms with E-state index in [1.54, 1.807) is 7.11 Å². The van der Waals surface area contributed by atoms with Crippen LogP contribution in [0.4, 0.5) is 0 Å². The van der Waals surface area contributed by atoms with Gasteiger partial charge in [-0.3, -0.25) is 0 Å². The highest BCUT2D eigenvalue weighted by molar-refractivity contribution is 7.89. The van der Waals surface area contributed by atoms with Crippen molar-refractivity contribution in [1.82, 2.24) is 4.31 Å². The van der Waals surface area contributed by atoms with Gasteiger partial charge in [-0.1, -0.05) is 35.3 Å². The smallest absolute Gasteiger partial charge is 0.246 e. The summed E-state index contributed by atoms with van der Waals surface area (Å²) in [5.41, 5.74) is 1.05. The molecule has 5 nitrogen and oxygen atoms in total. The monoisotopic (exact) mass is 401 g/mol. The summed E-state index contributed by atoms with van der Waals surface area (Å²) in [6.45, 7) is 0.695. The molecule has 1 saturated heterocycles. The van der Waals surface area contributed by atoms with Crippen LogP contribution in [0.3, 0.4) is 0 Å². The van der Waals surface area contributed by atoms with E-state index in [-0.39, 0.29) is 20.9 Å². The van der Waals surface area contributed by atoms with Gasteiger partial charge < -0.3 is 9.84 Å². The second kappa shape index (κ2) is 7.03. The van der Waals surface area contributed by atoms with Crippen molar-refractivity contribution in [3.63, 3.8) is 0 Å². The number of hydrogen-bond donors (Lipinski definition) is 1. The first-order valence-electron chi connectivity index (χ1n) is 7.65. The lowest BCUT2D eigenvalue weighted by Gasteiger charge is -2.18. The molecule has 0 radical (unpaired) electrons. The number of rotatable bonds is 4. The Balaban J connectivity index is 1.85. The number of halogens is 2. The summed E-state index contributed by atoms with van der Waals surface area (Å²) in [6.07, 6.45) is 0.695. The van der Waals surface area contributed by atoms with E-state index in [9.17, 15) is 13.5 Å². The second-order valence-corrected chi connectivity index (χ2v) is 8.61. The molecule has 0 aromatic heterocycles. The molecule has 0 spiro atoms. The molecule has 2 aromatic carbocycles. The highest BCUT2D eigenvalue weighted by Crippen LogP contribution is 2.38. The minimum atomic E-state index is -3.88. The number of hydrogen-bond acceptors (Lipinski definition) is 4. The van der Waals surface area contributed by atoms with Gasteiger partial charge in [0.25, 0.3) is 0 Å². The van der Waals surface area contributed by atoms with E-state index in [4.69, 9.17) is 27.9 Å². The van der Waals surface area contributed by atoms with Gasteiger partial charge in [-0.25, -0.2) is 8.42 Å². The zero-order chi connectivity index (χ0) is 18.2. The zero-order valence-corrected chi connectivity index (χ0v) is 15.8. The van der Waals surface area contributed by atoms with Crippen LogP contribution in [0.5, 0.6) is 11.5 Å². The van der Waals surface area contributed by atoms with Crippen LogP contribution in [0.15, 0.2) is 41.3 Å². The zero-order valence-electron chi connectivity index (χ0n) is 13.4. The van der Waals surface area contributed by atoms with E-state index < -0.39 is 15.8 Å². The third kappa shape index (κ3) is 3.58. The molecule has 1 fully saturated rings. The fourth-order valence-electron chi connectivity index (χ4n) is 2.97. The fourth-order valence-corrected chi connectivity index (χ4v) is 5.22. The third-order valence-corrected chi connectivity index (χ3v) is 6.73. The first-order valence-corrected chi connectivity index (χ1v) is 9.84. The number of ether oxygens (including phenoxy) is 1. The van der Waals surface area contributed by atoms with Crippen LogP contribution >= 0.6 is 23.2 Å². The van der Waals surface area contributed by atoms with Gasteiger partial charge in [-0.2, -0.15) is 4.31 Å². The molecule has 1 aliphatic rings. The van der Waals surface area contributed by atoms with E-state index in [0.717, 1.165) is 11.3 Å². The highest BCUT2D eigenvalue weighted by Gasteiger charge is 2.35. The van der Waals surface area contributed by atoms with Gasteiger partial charge in [-0.05, 0) is 42.2 Å². The average Bonchev–Trinajstić information content (AvgIpc) is 3.09. The summed E-state index contributed by atoms with van der Waals surface area (Å²) in [4.78, 5) is -0.264. The molecule has 0 amide bonds. The highest BCUT2D eigenvalue weighted by atomic mass is 35.5. The third-order valence-electron chi connectivity index (χ3n) is 4.35. The molecule has 0 aliphatic carbocycles. The maximum atomic E-state index is 12.9. The number of nitrogens with zero attached hydrogens (tertiary/aromatic N) is 1. The number of aromatic hydroxyl groups is 1. The normalized spacial score (nSPS) is 18.4. The second-order valence-electron chi connectivity index (χ2n) is 5.86. The quantitative estimate of drug-likeness (QED) is 0.843. The largest absolute Gasteiger partial charge is 0.505 e. The molecule has 1 heterocycles. The Morgan fingerprint density at radius 2 is 1.88 bits per heavy atom. The Labute approximate surface area is 156 Å². The molecule has 3 rings (SSSR count). The van der Waals surface area contributed by atoms with Crippen molar-refractivity contribution < 1.29 is 18.3 Å². The number of phenolic OH excluding ortho intramolecular Hbond substituents is 1. The van der Waals surface area contributed by atoms with Crippen molar-refractivity contribution in [2.45, 2.75) is 17.2 Å². The summed E-state index contributed by atoms with van der Waals surface area (Å²) in [5, 5.41) is 10.1. The van der Waals surface area contributed by atoms with Crippen LogP contribution in [0.25, 0.3) is 0 Å². The Kier molecular flexibility index (Phi) is 5.16. The van der Waals surface area contributed by atoms with Crippen molar-refractivity contribution in [2.75, 3.05) is 20.2 Å². The Morgan fingerprint density at radius 3 is 2.52 bits per heavy atom. The van der Waals surface area contributed by atoms with Gasteiger partial charge >= 0.3 is 0 Å². The Morgan fingerprint density at radius 1 is 1.20 bits per heavy atom. The molecule has 1 N–H and O–H groups in total. The van der Waals surface area contributed by atoms with Crippen LogP contribution < -0.4 is 4.74 Å². The predicted octanol–water partition coefficient (Wildman–Crippen LogP) is 3.89. The van der Waals surface area contributed by atoms with Crippen LogP contribution in [0.2, 0.25) is 10.0 Å². The number of phenols is 1. The van der Waals surface area contributed by atoms with Crippen LogP contribution in [-0.2, 0) is 10.0 Å². The summed E-state index contributed by atoms with van der Waals surface area (Å²) in [7, 11) is -2.28. The fraction of sp³-hybridized carbons (Fsp3) is 0.294. The number of methoxy groups -OCH3 is 1. The molecule has 0 saturated carbocycles. The minimum Gasteiger partial charge on any atom is -0.505 e. The van der Waals surface area contributed by atoms with E-state index in [0.29, 0.717) is 19.5 Å². The van der Waals surface area contributed by atoms with E-state index in [1.165, 1.54) is 16.4 Å². The minimum absolute atomic E-state index is 0.0810. The molecular formula is C17H17Cl2NO4S. The molecule has 0 bridgehead atoms. The molecular weight excluding hydrogens is 385 g/mol. The topological polar surface area (TPSA) is 66.8 Å². The molecule has 1 aliphatic heterocycles. The van der Waals surface area contributed by atoms with Gasteiger partial charge in [0.2, 0.25) is 10.0 Å². The van der Waals surface area contributed by atoms with E-state index in [1.807, 2.05) is 24.3 Å². The molecule has 2 aromatic rings. The van der Waals surface area contributed by atoms with Crippen LogP contribution in [0.1, 0.15) is 17.9 Å². The van der Waals surface area contributed by atoms with Crippen molar-refractivity contribution >= 4 is 33.2 Å². The predicted molar refractivity (Wildman–Crippen MR) is 97.2 cm³/mol. The Hall–Kier alpha value is -1.47. The standard InChI is InChI=1S/C17H17Cl2NO4S/c1-24-14-4-2-11(3-5-14)12-6-7-20(10-12)25(22,23)16-9-13(18)8-15(19)17(16)21/h2-5,8-9,12,21H,6-7,10H2,1H3. The van der Waals surface area contributed by atoms with Gasteiger partial charge in [0.05, 0.1) is 12.1 Å². The van der Waals surface area contributed by atoms with Gasteiger partial charge in [0.1, 0.15) is 10.6 Å². The lowest BCUT2D eigenvalue weighted by molar-refractivity contribution is 0.414. The van der Waals surface area contributed by atoms with Crippen molar-refractivity contribution in [3.8, 4) is 11.5 Å². The first kappa shape index (κ1) is 18.3. The Bertz CT molecular complexity index is 884. The molecule has 1 atom stereocenters. The molecule has 134 valence electrons. The SMILES string of the molecule is COc1ccc(C2CCN(S(=O)(=O)c3cc(Cl)cc(Cl)c3O)C2)cc1. The van der Waals surface area contributed by atoms with Crippen molar-refractivity contribution in [1.29, 1.82) is 0 Å². The average molecular weight is 402 g/mol. The van der Waals surface area contributed by atoms with Gasteiger partial charge in [-0.15, -0.1) is 0 Å². The first-order chi connectivity index (χ1) is 11.8. The summed E-state index contributed by atoms with van der Waals surface area (Å²) < 4.78 is 32.2. The lowest BCUT2D eigenvalue weighted by atomic mass is 9.99. The van der Waals surface area contributed by atoms with Crippen molar-refractivity contribution in [3.05, 3.63) is 52.0 Å². The van der Waals surface area contributed by atoms with Crippen LogP contribution in [-0.4, -0.2) is 38.0 Å².